The summed E-state index contributed by atoms with van der Waals surface area (Å²) in [6.45, 7) is 0.159. The Morgan fingerprint density at radius 3 is 2.64 bits per heavy atom. The van der Waals surface area contributed by atoms with Crippen LogP contribution in [0.15, 0.2) is 54.2 Å². The highest BCUT2D eigenvalue weighted by Gasteiger charge is 2.16. The molecule has 2 N–H and O–H groups in total. The van der Waals surface area contributed by atoms with Crippen LogP contribution in [0.5, 0.6) is 11.5 Å². The van der Waals surface area contributed by atoms with Crippen molar-refractivity contribution < 1.29 is 14.3 Å². The fourth-order valence-corrected chi connectivity index (χ4v) is 2.22. The molecule has 0 bridgehead atoms. The van der Waals surface area contributed by atoms with E-state index in [0.717, 1.165) is 0 Å². The lowest BCUT2D eigenvalue weighted by atomic mass is 10.1. The molecule has 7 nitrogen and oxygen atoms in total. The molecule has 1 aliphatic rings. The van der Waals surface area contributed by atoms with Gasteiger partial charge in [0.1, 0.15) is 17.7 Å². The minimum atomic E-state index is -0.342. The zero-order valence-corrected chi connectivity index (χ0v) is 12.9. The maximum Gasteiger partial charge on any atom is 0.257 e. The van der Waals surface area contributed by atoms with Crippen LogP contribution in [0.3, 0.4) is 0 Å². The molecule has 0 unspecified atom stereocenters. The third kappa shape index (κ3) is 3.52. The van der Waals surface area contributed by atoms with Gasteiger partial charge >= 0.3 is 0 Å². The molecule has 2 aromatic rings. The molecule has 0 fully saturated rings. The Bertz CT molecular complexity index is 922. The second-order valence-corrected chi connectivity index (χ2v) is 4.99. The molecule has 25 heavy (non-hydrogen) atoms. The van der Waals surface area contributed by atoms with E-state index in [4.69, 9.17) is 20.0 Å². The number of allylic oxidation sites excluding steroid dienone is 1. The fraction of sp³-hybridized carbons (Fsp3) is 0.0556. The van der Waals surface area contributed by atoms with E-state index in [1.165, 1.54) is 6.20 Å². The second kappa shape index (κ2) is 7.07. The molecule has 3 rings (SSSR count). The normalized spacial score (nSPS) is 11.0. The first-order valence-corrected chi connectivity index (χ1v) is 7.28. The number of ether oxygens (including phenoxy) is 2. The average Bonchev–Trinajstić information content (AvgIpc) is 3.10. The summed E-state index contributed by atoms with van der Waals surface area (Å²) in [6, 6.07) is 15.4. The van der Waals surface area contributed by atoms with Crippen LogP contribution in [-0.4, -0.2) is 12.7 Å². The van der Waals surface area contributed by atoms with Crippen LogP contribution < -0.4 is 20.1 Å². The number of para-hydroxylation sites is 1. The highest BCUT2D eigenvalue weighted by atomic mass is 16.7. The predicted octanol–water partition coefficient (Wildman–Crippen LogP) is 3.01. The van der Waals surface area contributed by atoms with Crippen LogP contribution in [-0.2, 0) is 0 Å². The smallest absolute Gasteiger partial charge is 0.257 e. The zero-order valence-electron chi connectivity index (χ0n) is 12.9. The minimum absolute atomic E-state index is 0.0917. The molecule has 0 atom stereocenters. The maximum absolute atomic E-state index is 12.5. The van der Waals surface area contributed by atoms with Crippen molar-refractivity contribution in [1.29, 1.82) is 10.5 Å². The number of carbonyl (C=O) groups excluding carboxylic acids is 1. The molecule has 0 saturated carbocycles. The quantitative estimate of drug-likeness (QED) is 0.833. The van der Waals surface area contributed by atoms with Crippen molar-refractivity contribution in [3.8, 4) is 23.6 Å². The van der Waals surface area contributed by atoms with Crippen LogP contribution in [0.2, 0.25) is 0 Å². The van der Waals surface area contributed by atoms with E-state index in [9.17, 15) is 4.79 Å². The summed E-state index contributed by atoms with van der Waals surface area (Å²) in [4.78, 5) is 12.5. The number of anilines is 2. The average molecular weight is 332 g/mol. The Hall–Kier alpha value is -3.97. The Morgan fingerprint density at radius 2 is 1.84 bits per heavy atom. The van der Waals surface area contributed by atoms with Gasteiger partial charge in [0.05, 0.1) is 11.3 Å². The van der Waals surface area contributed by atoms with Gasteiger partial charge in [0.15, 0.2) is 11.5 Å². The van der Waals surface area contributed by atoms with Gasteiger partial charge in [-0.05, 0) is 24.3 Å². The molecular formula is C18H12N4O3. The van der Waals surface area contributed by atoms with Gasteiger partial charge in [0.2, 0.25) is 6.79 Å². The van der Waals surface area contributed by atoms with Gasteiger partial charge in [0.25, 0.3) is 5.91 Å². The number of nitriles is 2. The Morgan fingerprint density at radius 1 is 1.08 bits per heavy atom. The highest BCUT2D eigenvalue weighted by Crippen LogP contribution is 2.34. The second-order valence-electron chi connectivity index (χ2n) is 4.99. The van der Waals surface area contributed by atoms with E-state index >= 15 is 0 Å². The molecular weight excluding hydrogens is 320 g/mol. The SMILES string of the molecule is N#CC(C#N)=CNc1ccccc1C(=O)Nc1ccc2c(c1)OCO2. The van der Waals surface area contributed by atoms with Crippen LogP contribution in [0, 0.1) is 22.7 Å². The highest BCUT2D eigenvalue weighted by molar-refractivity contribution is 6.08. The number of fused-ring (bicyclic) bond motifs is 1. The molecule has 122 valence electrons. The van der Waals surface area contributed by atoms with E-state index in [1.807, 2.05) is 0 Å². The molecule has 0 aliphatic carbocycles. The van der Waals surface area contributed by atoms with E-state index < -0.39 is 0 Å². The maximum atomic E-state index is 12.5. The largest absolute Gasteiger partial charge is 0.454 e. The standard InChI is InChI=1S/C18H12N4O3/c19-8-12(9-20)10-21-15-4-2-1-3-14(15)18(23)22-13-5-6-16-17(7-13)25-11-24-16/h1-7,10,21H,11H2,(H,22,23). The first-order chi connectivity index (χ1) is 12.2. The van der Waals surface area contributed by atoms with Gasteiger partial charge in [-0.25, -0.2) is 0 Å². The van der Waals surface area contributed by atoms with E-state index in [0.29, 0.717) is 28.4 Å². The van der Waals surface area contributed by atoms with E-state index in [-0.39, 0.29) is 18.3 Å². The van der Waals surface area contributed by atoms with Gasteiger partial charge in [-0.15, -0.1) is 0 Å². The predicted molar refractivity (Wildman–Crippen MR) is 89.9 cm³/mol. The Balaban J connectivity index is 1.80. The van der Waals surface area contributed by atoms with Crippen LogP contribution in [0.1, 0.15) is 10.4 Å². The van der Waals surface area contributed by atoms with E-state index in [1.54, 1.807) is 54.6 Å². The molecule has 0 radical (unpaired) electrons. The van der Waals surface area contributed by atoms with Crippen molar-refractivity contribution in [3.05, 3.63) is 59.8 Å². The summed E-state index contributed by atoms with van der Waals surface area (Å²) in [5.74, 6) is 0.858. The summed E-state index contributed by atoms with van der Waals surface area (Å²) in [6.07, 6.45) is 1.26. The topological polar surface area (TPSA) is 107 Å². The van der Waals surface area contributed by atoms with Crippen LogP contribution >= 0.6 is 0 Å². The van der Waals surface area contributed by atoms with E-state index in [2.05, 4.69) is 10.6 Å². The molecule has 0 aromatic heterocycles. The molecule has 1 aliphatic heterocycles. The van der Waals surface area contributed by atoms with Crippen molar-refractivity contribution >= 4 is 17.3 Å². The number of amides is 1. The number of benzene rings is 2. The zero-order chi connectivity index (χ0) is 17.6. The summed E-state index contributed by atoms with van der Waals surface area (Å²) in [5, 5.41) is 23.1. The lowest BCUT2D eigenvalue weighted by molar-refractivity contribution is 0.102. The molecule has 1 amide bonds. The summed E-state index contributed by atoms with van der Waals surface area (Å²) in [5.41, 5.74) is 1.32. The molecule has 0 spiro atoms. The minimum Gasteiger partial charge on any atom is -0.454 e. The van der Waals surface area contributed by atoms with Gasteiger partial charge in [0, 0.05) is 18.0 Å². The molecule has 0 saturated heterocycles. The van der Waals surface area contributed by atoms with Crippen LogP contribution in [0.25, 0.3) is 0 Å². The fourth-order valence-electron chi connectivity index (χ4n) is 2.22. The van der Waals surface area contributed by atoms with Crippen molar-refractivity contribution in [3.63, 3.8) is 0 Å². The summed E-state index contributed by atoms with van der Waals surface area (Å²) >= 11 is 0. The Labute approximate surface area is 143 Å². The lowest BCUT2D eigenvalue weighted by Gasteiger charge is -2.10. The van der Waals surface area contributed by atoms with Crippen molar-refractivity contribution in [2.45, 2.75) is 0 Å². The third-order valence-corrected chi connectivity index (χ3v) is 3.42. The number of hydrogen-bond acceptors (Lipinski definition) is 6. The molecule has 1 heterocycles. The number of nitrogens with one attached hydrogen (secondary N) is 2. The number of carbonyl (C=O) groups is 1. The lowest BCUT2D eigenvalue weighted by Crippen LogP contribution is -2.13. The molecule has 2 aromatic carbocycles. The van der Waals surface area contributed by atoms with Gasteiger partial charge in [-0.3, -0.25) is 4.79 Å². The summed E-state index contributed by atoms with van der Waals surface area (Å²) < 4.78 is 10.5. The molecule has 7 heteroatoms. The monoisotopic (exact) mass is 332 g/mol. The number of hydrogen-bond donors (Lipinski definition) is 2. The first kappa shape index (κ1) is 15.9. The van der Waals surface area contributed by atoms with Crippen molar-refractivity contribution in [2.75, 3.05) is 17.4 Å². The van der Waals surface area contributed by atoms with Gasteiger partial charge in [-0.1, -0.05) is 12.1 Å². The van der Waals surface area contributed by atoms with Crippen molar-refractivity contribution in [2.24, 2.45) is 0 Å². The number of nitrogens with zero attached hydrogens (tertiary/aromatic N) is 2. The van der Waals surface area contributed by atoms with Gasteiger partial charge < -0.3 is 20.1 Å². The third-order valence-electron chi connectivity index (χ3n) is 3.42. The van der Waals surface area contributed by atoms with Crippen molar-refractivity contribution in [1.82, 2.24) is 0 Å². The first-order valence-electron chi connectivity index (χ1n) is 7.28. The number of rotatable bonds is 4. The Kier molecular flexibility index (Phi) is 4.50. The van der Waals surface area contributed by atoms with Crippen LogP contribution in [0.4, 0.5) is 11.4 Å². The van der Waals surface area contributed by atoms with Gasteiger partial charge in [-0.2, -0.15) is 10.5 Å². The summed E-state index contributed by atoms with van der Waals surface area (Å²) in [7, 11) is 0.